The van der Waals surface area contributed by atoms with E-state index in [1.54, 1.807) is 18.6 Å². The van der Waals surface area contributed by atoms with Gasteiger partial charge in [0.15, 0.2) is 0 Å². The zero-order valence-corrected chi connectivity index (χ0v) is 12.7. The van der Waals surface area contributed by atoms with Gasteiger partial charge >= 0.3 is 0 Å². The van der Waals surface area contributed by atoms with Crippen molar-refractivity contribution in [3.8, 4) is 0 Å². The van der Waals surface area contributed by atoms with E-state index >= 15 is 0 Å². The molecule has 6 heteroatoms. The largest absolute Gasteiger partial charge is 0.383 e. The number of nitrogens with one attached hydrogen (secondary N) is 1. The molecule has 1 aromatic heterocycles. The average molecular weight is 284 g/mol. The third-order valence-corrected chi connectivity index (χ3v) is 4.21. The second kappa shape index (κ2) is 7.77. The fraction of sp³-hybridized carbons (Fsp3) is 0.846. The van der Waals surface area contributed by atoms with Crippen molar-refractivity contribution < 1.29 is 4.74 Å². The second-order valence-electron chi connectivity index (χ2n) is 4.93. The summed E-state index contributed by atoms with van der Waals surface area (Å²) in [5.41, 5.74) is 0. The lowest BCUT2D eigenvalue weighted by Crippen LogP contribution is -2.38. The van der Waals surface area contributed by atoms with Gasteiger partial charge < -0.3 is 15.0 Å². The van der Waals surface area contributed by atoms with Gasteiger partial charge in [0.1, 0.15) is 5.82 Å². The van der Waals surface area contributed by atoms with Crippen molar-refractivity contribution in [1.82, 2.24) is 14.7 Å². The van der Waals surface area contributed by atoms with Gasteiger partial charge in [0, 0.05) is 50.7 Å². The molecule has 1 atom stereocenters. The number of ether oxygens (including phenoxy) is 1. The Morgan fingerprint density at radius 1 is 1.53 bits per heavy atom. The lowest BCUT2D eigenvalue weighted by Gasteiger charge is -2.23. The summed E-state index contributed by atoms with van der Waals surface area (Å²) in [6.07, 6.45) is 4.58. The Kier molecular flexibility index (Phi) is 6.00. The minimum atomic E-state index is 0.555. The van der Waals surface area contributed by atoms with Gasteiger partial charge in [-0.25, -0.2) is 4.98 Å². The van der Waals surface area contributed by atoms with Crippen LogP contribution in [0.4, 0.5) is 5.13 Å². The van der Waals surface area contributed by atoms with E-state index in [1.165, 1.54) is 12.8 Å². The maximum absolute atomic E-state index is 5.05. The number of aromatic nitrogens is 2. The first-order valence-corrected chi connectivity index (χ1v) is 7.91. The maximum atomic E-state index is 5.05. The van der Waals surface area contributed by atoms with Gasteiger partial charge in [-0.2, -0.15) is 4.37 Å². The Morgan fingerprint density at radius 2 is 2.42 bits per heavy atom. The van der Waals surface area contributed by atoms with Gasteiger partial charge in [-0.05, 0) is 19.3 Å². The number of methoxy groups -OCH3 is 1. The van der Waals surface area contributed by atoms with E-state index in [9.17, 15) is 0 Å². The molecule has 0 saturated carbocycles. The highest BCUT2D eigenvalue weighted by Crippen LogP contribution is 2.26. The number of anilines is 1. The van der Waals surface area contributed by atoms with Crippen molar-refractivity contribution in [2.45, 2.75) is 38.6 Å². The van der Waals surface area contributed by atoms with E-state index in [0.29, 0.717) is 6.04 Å². The summed E-state index contributed by atoms with van der Waals surface area (Å²) in [4.78, 5) is 7.07. The molecule has 1 N–H and O–H groups in total. The SMILES string of the molecule is CCCc1nsc(N2CCCC2CNCCOC)n1. The van der Waals surface area contributed by atoms with E-state index < -0.39 is 0 Å². The van der Waals surface area contributed by atoms with Gasteiger partial charge in [0.2, 0.25) is 5.13 Å². The Morgan fingerprint density at radius 3 is 3.21 bits per heavy atom. The first-order valence-electron chi connectivity index (χ1n) is 7.14. The monoisotopic (exact) mass is 284 g/mol. The molecular weight excluding hydrogens is 260 g/mol. The van der Waals surface area contributed by atoms with Crippen LogP contribution in [0.5, 0.6) is 0 Å². The van der Waals surface area contributed by atoms with Crippen LogP contribution in [-0.2, 0) is 11.2 Å². The van der Waals surface area contributed by atoms with Crippen LogP contribution in [0.15, 0.2) is 0 Å². The molecule has 0 aliphatic carbocycles. The van der Waals surface area contributed by atoms with Crippen molar-refractivity contribution in [2.75, 3.05) is 38.3 Å². The molecule has 0 aromatic carbocycles. The van der Waals surface area contributed by atoms with Crippen molar-refractivity contribution in [3.63, 3.8) is 0 Å². The van der Waals surface area contributed by atoms with Crippen LogP contribution in [0.25, 0.3) is 0 Å². The molecule has 2 rings (SSSR count). The zero-order chi connectivity index (χ0) is 13.5. The Balaban J connectivity index is 1.86. The van der Waals surface area contributed by atoms with Gasteiger partial charge in [-0.15, -0.1) is 0 Å². The normalized spacial score (nSPS) is 19.3. The van der Waals surface area contributed by atoms with Gasteiger partial charge in [0.05, 0.1) is 6.61 Å². The molecule has 0 amide bonds. The first kappa shape index (κ1) is 14.7. The smallest absolute Gasteiger partial charge is 0.205 e. The van der Waals surface area contributed by atoms with E-state index in [4.69, 9.17) is 4.74 Å². The minimum Gasteiger partial charge on any atom is -0.383 e. The molecule has 1 aliphatic heterocycles. The van der Waals surface area contributed by atoms with E-state index in [0.717, 1.165) is 50.0 Å². The summed E-state index contributed by atoms with van der Waals surface area (Å²) >= 11 is 1.55. The number of hydrogen-bond donors (Lipinski definition) is 1. The Bertz CT molecular complexity index is 371. The summed E-state index contributed by atoms with van der Waals surface area (Å²) < 4.78 is 9.50. The molecular formula is C13H24N4OS. The number of hydrogen-bond acceptors (Lipinski definition) is 6. The molecule has 1 saturated heterocycles. The highest BCUT2D eigenvalue weighted by Gasteiger charge is 2.26. The molecule has 1 unspecified atom stereocenters. The van der Waals surface area contributed by atoms with Crippen LogP contribution in [0, 0.1) is 0 Å². The first-order chi connectivity index (χ1) is 9.35. The Hall–Kier alpha value is -0.720. The molecule has 1 aromatic rings. The van der Waals surface area contributed by atoms with Crippen molar-refractivity contribution in [3.05, 3.63) is 5.82 Å². The number of nitrogens with zero attached hydrogens (tertiary/aromatic N) is 3. The van der Waals surface area contributed by atoms with Gasteiger partial charge in [-0.3, -0.25) is 0 Å². The fourth-order valence-corrected chi connectivity index (χ4v) is 3.24. The van der Waals surface area contributed by atoms with Crippen molar-refractivity contribution >= 4 is 16.7 Å². The van der Waals surface area contributed by atoms with Crippen LogP contribution < -0.4 is 10.2 Å². The van der Waals surface area contributed by atoms with E-state index in [1.807, 2.05) is 0 Å². The lowest BCUT2D eigenvalue weighted by molar-refractivity contribution is 0.199. The third kappa shape index (κ3) is 4.12. The summed E-state index contributed by atoms with van der Waals surface area (Å²) in [7, 11) is 1.74. The van der Waals surface area contributed by atoms with Crippen molar-refractivity contribution in [2.24, 2.45) is 0 Å². The van der Waals surface area contributed by atoms with Gasteiger partial charge in [-0.1, -0.05) is 6.92 Å². The predicted octanol–water partition coefficient (Wildman–Crippen LogP) is 1.70. The molecule has 19 heavy (non-hydrogen) atoms. The quantitative estimate of drug-likeness (QED) is 0.736. The van der Waals surface area contributed by atoms with Crippen LogP contribution in [-0.4, -0.2) is 48.8 Å². The van der Waals surface area contributed by atoms with Crippen molar-refractivity contribution in [1.29, 1.82) is 0 Å². The fourth-order valence-electron chi connectivity index (χ4n) is 2.43. The third-order valence-electron chi connectivity index (χ3n) is 3.42. The number of aryl methyl sites for hydroxylation is 1. The summed E-state index contributed by atoms with van der Waals surface area (Å²) in [5, 5.41) is 4.55. The standard InChI is InChI=1S/C13H24N4OS/c1-3-5-12-15-13(19-16-12)17-8-4-6-11(17)10-14-7-9-18-2/h11,14H,3-10H2,1-2H3. The van der Waals surface area contributed by atoms with Crippen LogP contribution in [0.3, 0.4) is 0 Å². The summed E-state index contributed by atoms with van der Waals surface area (Å²) in [6, 6.07) is 0.555. The Labute approximate surface area is 119 Å². The molecule has 2 heterocycles. The van der Waals surface area contributed by atoms with Crippen LogP contribution in [0.2, 0.25) is 0 Å². The maximum Gasteiger partial charge on any atom is 0.205 e. The minimum absolute atomic E-state index is 0.555. The topological polar surface area (TPSA) is 50.3 Å². The van der Waals surface area contributed by atoms with Gasteiger partial charge in [0.25, 0.3) is 0 Å². The molecule has 1 fully saturated rings. The second-order valence-corrected chi connectivity index (χ2v) is 5.66. The van der Waals surface area contributed by atoms with E-state index in [2.05, 4.69) is 26.5 Å². The van der Waals surface area contributed by atoms with E-state index in [-0.39, 0.29) is 0 Å². The molecule has 108 valence electrons. The van der Waals surface area contributed by atoms with Crippen LogP contribution in [0.1, 0.15) is 32.0 Å². The lowest BCUT2D eigenvalue weighted by atomic mass is 10.2. The summed E-state index contributed by atoms with van der Waals surface area (Å²) in [5.74, 6) is 1.00. The predicted molar refractivity (Wildman–Crippen MR) is 79.0 cm³/mol. The molecule has 5 nitrogen and oxygen atoms in total. The molecule has 1 aliphatic rings. The van der Waals surface area contributed by atoms with Crippen LogP contribution >= 0.6 is 11.5 Å². The molecule has 0 bridgehead atoms. The highest BCUT2D eigenvalue weighted by molar-refractivity contribution is 7.09. The molecule has 0 spiro atoms. The summed E-state index contributed by atoms with van der Waals surface area (Å²) in [6.45, 7) is 5.97. The highest BCUT2D eigenvalue weighted by atomic mass is 32.1. The number of rotatable bonds is 8. The molecule has 0 radical (unpaired) electrons. The average Bonchev–Trinajstić information content (AvgIpc) is 3.03. The zero-order valence-electron chi connectivity index (χ0n) is 11.9.